The van der Waals surface area contributed by atoms with Gasteiger partial charge in [0.05, 0.1) is 16.3 Å². The molecular formula is C26H23NO3S. The average Bonchev–Trinajstić information content (AvgIpc) is 2.79. The Morgan fingerprint density at radius 2 is 1.55 bits per heavy atom. The van der Waals surface area contributed by atoms with Crippen molar-refractivity contribution in [2.24, 2.45) is 4.99 Å². The van der Waals surface area contributed by atoms with Gasteiger partial charge >= 0.3 is 0 Å². The standard InChI is InChI=1S/C26H23NO3S/c1-19(20-9-3-2-4-10-20)18-31(29,30)26-14-8-7-13-24(26)27-17-23-22-12-6-5-11-21(22)15-16-25(23)28/h2-17,19,28H,18H2,1H3. The molecule has 0 radical (unpaired) electrons. The van der Waals surface area contributed by atoms with Crippen molar-refractivity contribution < 1.29 is 13.5 Å². The number of phenolic OH excluding ortho intramolecular Hbond substituents is 1. The Balaban J connectivity index is 1.69. The topological polar surface area (TPSA) is 66.7 Å². The monoisotopic (exact) mass is 429 g/mol. The first-order valence-corrected chi connectivity index (χ1v) is 11.7. The zero-order chi connectivity index (χ0) is 21.8. The smallest absolute Gasteiger partial charge is 0.181 e. The minimum Gasteiger partial charge on any atom is -0.507 e. The molecule has 156 valence electrons. The molecule has 0 aromatic heterocycles. The summed E-state index contributed by atoms with van der Waals surface area (Å²) in [6, 6.07) is 27.5. The molecule has 0 aliphatic heterocycles. The van der Waals surface area contributed by atoms with Crippen molar-refractivity contribution in [2.75, 3.05) is 5.75 Å². The van der Waals surface area contributed by atoms with Crippen molar-refractivity contribution in [2.45, 2.75) is 17.7 Å². The maximum absolute atomic E-state index is 13.2. The minimum absolute atomic E-state index is 0.0108. The molecule has 4 nitrogen and oxygen atoms in total. The first kappa shape index (κ1) is 20.8. The highest BCUT2D eigenvalue weighted by atomic mass is 32.2. The molecule has 0 aliphatic rings. The molecule has 0 heterocycles. The second kappa shape index (κ2) is 8.74. The fraction of sp³-hybridized carbons (Fsp3) is 0.115. The number of nitrogens with zero attached hydrogens (tertiary/aromatic N) is 1. The zero-order valence-electron chi connectivity index (χ0n) is 17.1. The third-order valence-corrected chi connectivity index (χ3v) is 7.27. The Morgan fingerprint density at radius 1 is 0.871 bits per heavy atom. The Bertz CT molecular complexity index is 1350. The molecule has 31 heavy (non-hydrogen) atoms. The summed E-state index contributed by atoms with van der Waals surface area (Å²) in [6.45, 7) is 1.91. The summed E-state index contributed by atoms with van der Waals surface area (Å²) in [5.41, 5.74) is 1.89. The van der Waals surface area contributed by atoms with Crippen molar-refractivity contribution in [1.82, 2.24) is 0 Å². The van der Waals surface area contributed by atoms with Crippen molar-refractivity contribution in [3.8, 4) is 5.75 Å². The minimum atomic E-state index is -3.57. The molecule has 1 N–H and O–H groups in total. The maximum Gasteiger partial charge on any atom is 0.181 e. The van der Waals surface area contributed by atoms with E-state index in [4.69, 9.17) is 0 Å². The third kappa shape index (κ3) is 4.52. The average molecular weight is 430 g/mol. The van der Waals surface area contributed by atoms with Crippen LogP contribution in [0.15, 0.2) is 101 Å². The molecule has 0 fully saturated rings. The Kier molecular flexibility index (Phi) is 5.87. The Morgan fingerprint density at radius 3 is 2.35 bits per heavy atom. The van der Waals surface area contributed by atoms with Gasteiger partial charge in [-0.1, -0.05) is 79.7 Å². The van der Waals surface area contributed by atoms with Gasteiger partial charge in [-0.25, -0.2) is 8.42 Å². The van der Waals surface area contributed by atoms with Crippen LogP contribution in [-0.4, -0.2) is 25.5 Å². The van der Waals surface area contributed by atoms with Gasteiger partial charge in [-0.2, -0.15) is 0 Å². The first-order valence-electron chi connectivity index (χ1n) is 10.1. The number of aliphatic imine (C=N–C) groups is 1. The fourth-order valence-electron chi connectivity index (χ4n) is 3.68. The summed E-state index contributed by atoms with van der Waals surface area (Å²) in [6.07, 6.45) is 1.53. The lowest BCUT2D eigenvalue weighted by atomic mass is 10.0. The van der Waals surface area contributed by atoms with Crippen LogP contribution in [0.25, 0.3) is 10.8 Å². The number of hydrogen-bond donors (Lipinski definition) is 1. The van der Waals surface area contributed by atoms with Gasteiger partial charge in [-0.3, -0.25) is 4.99 Å². The molecule has 4 aromatic rings. The summed E-state index contributed by atoms with van der Waals surface area (Å²) in [5.74, 6) is -0.0610. The quantitative estimate of drug-likeness (QED) is 0.390. The van der Waals surface area contributed by atoms with Gasteiger partial charge < -0.3 is 5.11 Å². The van der Waals surface area contributed by atoms with Crippen LogP contribution < -0.4 is 0 Å². The van der Waals surface area contributed by atoms with Gasteiger partial charge in [0.2, 0.25) is 0 Å². The molecule has 0 amide bonds. The van der Waals surface area contributed by atoms with Crippen LogP contribution >= 0.6 is 0 Å². The number of aromatic hydroxyl groups is 1. The van der Waals surface area contributed by atoms with E-state index >= 15 is 0 Å². The van der Waals surface area contributed by atoms with Crippen molar-refractivity contribution in [3.63, 3.8) is 0 Å². The van der Waals surface area contributed by atoms with E-state index in [2.05, 4.69) is 4.99 Å². The summed E-state index contributed by atoms with van der Waals surface area (Å²) in [7, 11) is -3.57. The van der Waals surface area contributed by atoms with Gasteiger partial charge in [-0.15, -0.1) is 0 Å². The number of rotatable bonds is 6. The normalized spacial score (nSPS) is 12.9. The highest BCUT2D eigenvalue weighted by molar-refractivity contribution is 7.91. The van der Waals surface area contributed by atoms with Crippen LogP contribution in [-0.2, 0) is 9.84 Å². The molecular weight excluding hydrogens is 406 g/mol. The van der Waals surface area contributed by atoms with Gasteiger partial charge in [0.1, 0.15) is 5.75 Å². The number of sulfone groups is 1. The van der Waals surface area contributed by atoms with Crippen molar-refractivity contribution in [1.29, 1.82) is 0 Å². The van der Waals surface area contributed by atoms with E-state index < -0.39 is 9.84 Å². The van der Waals surface area contributed by atoms with E-state index in [-0.39, 0.29) is 22.3 Å². The van der Waals surface area contributed by atoms with E-state index in [1.165, 1.54) is 6.21 Å². The second-order valence-corrected chi connectivity index (χ2v) is 9.54. The van der Waals surface area contributed by atoms with Crippen LogP contribution in [0.1, 0.15) is 24.0 Å². The number of benzene rings is 4. The van der Waals surface area contributed by atoms with Crippen LogP contribution in [0.5, 0.6) is 5.75 Å². The molecule has 4 aromatic carbocycles. The van der Waals surface area contributed by atoms with Gasteiger partial charge in [0.25, 0.3) is 0 Å². The van der Waals surface area contributed by atoms with E-state index in [0.29, 0.717) is 11.3 Å². The highest BCUT2D eigenvalue weighted by Crippen LogP contribution is 2.30. The number of fused-ring (bicyclic) bond motifs is 1. The van der Waals surface area contributed by atoms with Gasteiger partial charge in [0, 0.05) is 11.8 Å². The number of para-hydroxylation sites is 1. The molecule has 1 atom stereocenters. The largest absolute Gasteiger partial charge is 0.507 e. The lowest BCUT2D eigenvalue weighted by molar-refractivity contribution is 0.475. The molecule has 0 aliphatic carbocycles. The van der Waals surface area contributed by atoms with Crippen molar-refractivity contribution >= 4 is 32.5 Å². The molecule has 1 unspecified atom stereocenters. The Labute approximate surface area is 182 Å². The third-order valence-electron chi connectivity index (χ3n) is 5.32. The SMILES string of the molecule is CC(CS(=O)(=O)c1ccccc1N=Cc1c(O)ccc2ccccc12)c1ccccc1. The fourth-order valence-corrected chi connectivity index (χ4v) is 5.43. The van der Waals surface area contributed by atoms with Gasteiger partial charge in [0.15, 0.2) is 9.84 Å². The van der Waals surface area contributed by atoms with Crippen molar-refractivity contribution in [3.05, 3.63) is 102 Å². The van der Waals surface area contributed by atoms with E-state index in [1.807, 2.05) is 67.6 Å². The predicted molar refractivity (Wildman–Crippen MR) is 126 cm³/mol. The molecule has 0 spiro atoms. The van der Waals surface area contributed by atoms with Crippen LogP contribution in [0, 0.1) is 0 Å². The predicted octanol–water partition coefficient (Wildman–Crippen LogP) is 5.87. The zero-order valence-corrected chi connectivity index (χ0v) is 18.0. The van der Waals surface area contributed by atoms with E-state index in [9.17, 15) is 13.5 Å². The summed E-state index contributed by atoms with van der Waals surface area (Å²) in [5, 5.41) is 12.2. The lowest BCUT2D eigenvalue weighted by Gasteiger charge is -2.14. The summed E-state index contributed by atoms with van der Waals surface area (Å²) in [4.78, 5) is 4.66. The highest BCUT2D eigenvalue weighted by Gasteiger charge is 2.22. The molecule has 4 rings (SSSR count). The molecule has 0 saturated carbocycles. The number of hydrogen-bond acceptors (Lipinski definition) is 4. The van der Waals surface area contributed by atoms with Crippen LogP contribution in [0.2, 0.25) is 0 Å². The van der Waals surface area contributed by atoms with Gasteiger partial charge in [-0.05, 0) is 40.5 Å². The van der Waals surface area contributed by atoms with Crippen LogP contribution in [0.4, 0.5) is 5.69 Å². The van der Waals surface area contributed by atoms with Crippen LogP contribution in [0.3, 0.4) is 0 Å². The van der Waals surface area contributed by atoms with E-state index in [0.717, 1.165) is 16.3 Å². The van der Waals surface area contributed by atoms with E-state index in [1.54, 1.807) is 30.3 Å². The first-order chi connectivity index (χ1) is 15.0. The molecule has 0 bridgehead atoms. The summed E-state index contributed by atoms with van der Waals surface area (Å²) >= 11 is 0. The molecule has 5 heteroatoms. The number of phenols is 1. The second-order valence-electron chi connectivity index (χ2n) is 7.54. The maximum atomic E-state index is 13.2. The lowest BCUT2D eigenvalue weighted by Crippen LogP contribution is -2.13. The summed E-state index contributed by atoms with van der Waals surface area (Å²) < 4.78 is 26.4. The molecule has 0 saturated heterocycles. The Hall–Kier alpha value is -3.44.